The van der Waals surface area contributed by atoms with Crippen LogP contribution in [0.1, 0.15) is 12.8 Å². The molecule has 4 atom stereocenters. The van der Waals surface area contributed by atoms with Gasteiger partial charge in [0, 0.05) is 25.0 Å². The minimum absolute atomic E-state index is 0.0626. The van der Waals surface area contributed by atoms with Crippen LogP contribution >= 0.6 is 0 Å². The normalized spacial score (nSPS) is 44.4. The van der Waals surface area contributed by atoms with Crippen molar-refractivity contribution in [2.45, 2.75) is 25.0 Å². The summed E-state index contributed by atoms with van der Waals surface area (Å²) in [7, 11) is 6.43. The van der Waals surface area contributed by atoms with E-state index in [4.69, 9.17) is 0 Å². The Morgan fingerprint density at radius 3 is 2.57 bits per heavy atom. The molecule has 1 heterocycles. The zero-order chi connectivity index (χ0) is 10.3. The molecule has 2 fully saturated rings. The Balaban J connectivity index is 2.12. The molecule has 2 bridgehead atoms. The molecule has 1 N–H and O–H groups in total. The second-order valence-corrected chi connectivity index (χ2v) is 5.24. The predicted octanol–water partition coefficient (Wildman–Crippen LogP) is 0.249. The lowest BCUT2D eigenvalue weighted by Crippen LogP contribution is -2.58. The van der Waals surface area contributed by atoms with Crippen molar-refractivity contribution < 1.29 is 5.11 Å². The highest BCUT2D eigenvalue weighted by Gasteiger charge is 2.43. The van der Waals surface area contributed by atoms with Gasteiger partial charge in [0.05, 0.1) is 6.10 Å². The van der Waals surface area contributed by atoms with Crippen molar-refractivity contribution in [1.29, 1.82) is 0 Å². The van der Waals surface area contributed by atoms with E-state index in [-0.39, 0.29) is 6.10 Å². The number of hydrogen-bond acceptors (Lipinski definition) is 3. The van der Waals surface area contributed by atoms with Crippen LogP contribution in [0.4, 0.5) is 0 Å². The van der Waals surface area contributed by atoms with E-state index in [2.05, 4.69) is 30.9 Å². The van der Waals surface area contributed by atoms with Gasteiger partial charge in [-0.2, -0.15) is 0 Å². The molecule has 1 aliphatic heterocycles. The van der Waals surface area contributed by atoms with Gasteiger partial charge in [0.25, 0.3) is 0 Å². The van der Waals surface area contributed by atoms with Gasteiger partial charge in [-0.3, -0.25) is 0 Å². The van der Waals surface area contributed by atoms with Crippen molar-refractivity contribution in [1.82, 2.24) is 9.80 Å². The largest absolute Gasteiger partial charge is 0.392 e. The van der Waals surface area contributed by atoms with Crippen molar-refractivity contribution in [3.63, 3.8) is 0 Å². The second kappa shape index (κ2) is 3.80. The lowest BCUT2D eigenvalue weighted by atomic mass is 9.72. The summed E-state index contributed by atoms with van der Waals surface area (Å²) in [6.07, 6.45) is 2.38. The van der Waals surface area contributed by atoms with Crippen LogP contribution in [0.3, 0.4) is 0 Å². The Kier molecular flexibility index (Phi) is 2.82. The summed E-state index contributed by atoms with van der Waals surface area (Å²) < 4.78 is 0. The van der Waals surface area contributed by atoms with Crippen LogP contribution in [-0.2, 0) is 0 Å². The third-order valence-electron chi connectivity index (χ3n) is 3.98. The van der Waals surface area contributed by atoms with Gasteiger partial charge in [-0.1, -0.05) is 0 Å². The van der Waals surface area contributed by atoms with E-state index < -0.39 is 0 Å². The number of nitrogens with zero attached hydrogens (tertiary/aromatic N) is 2. The quantitative estimate of drug-likeness (QED) is 0.654. The van der Waals surface area contributed by atoms with E-state index in [9.17, 15) is 5.11 Å². The van der Waals surface area contributed by atoms with Crippen LogP contribution in [0.15, 0.2) is 0 Å². The lowest BCUT2D eigenvalue weighted by molar-refractivity contribution is -0.0757. The van der Waals surface area contributed by atoms with Crippen molar-refractivity contribution in [3.8, 4) is 0 Å². The molecule has 82 valence electrons. The third kappa shape index (κ3) is 1.69. The van der Waals surface area contributed by atoms with Gasteiger partial charge in [-0.25, -0.2) is 0 Å². The summed E-state index contributed by atoms with van der Waals surface area (Å²) in [5, 5.41) is 10.2. The van der Waals surface area contributed by atoms with Crippen LogP contribution in [0.25, 0.3) is 0 Å². The van der Waals surface area contributed by atoms with E-state index in [1.807, 2.05) is 0 Å². The molecule has 3 nitrogen and oxygen atoms in total. The molecule has 2 rings (SSSR count). The fourth-order valence-corrected chi connectivity index (χ4v) is 3.25. The topological polar surface area (TPSA) is 26.7 Å². The minimum atomic E-state index is -0.0626. The van der Waals surface area contributed by atoms with Gasteiger partial charge in [-0.15, -0.1) is 0 Å². The average molecular weight is 198 g/mol. The average Bonchev–Trinajstić information content (AvgIpc) is 2.07. The first-order valence-corrected chi connectivity index (χ1v) is 5.62. The highest BCUT2D eigenvalue weighted by atomic mass is 16.3. The van der Waals surface area contributed by atoms with E-state index in [0.717, 1.165) is 13.1 Å². The zero-order valence-electron chi connectivity index (χ0n) is 9.48. The molecule has 1 aliphatic carbocycles. The van der Waals surface area contributed by atoms with Crippen molar-refractivity contribution in [2.24, 2.45) is 11.8 Å². The first kappa shape index (κ1) is 10.4. The maximum absolute atomic E-state index is 10.2. The predicted molar refractivity (Wildman–Crippen MR) is 57.2 cm³/mol. The molecule has 0 aromatic rings. The Labute approximate surface area is 86.7 Å². The number of hydrogen-bond donors (Lipinski definition) is 1. The summed E-state index contributed by atoms with van der Waals surface area (Å²) in [6, 6.07) is 0.573. The Morgan fingerprint density at radius 2 is 1.93 bits per heavy atom. The Bertz CT molecular complexity index is 207. The van der Waals surface area contributed by atoms with Gasteiger partial charge in [-0.05, 0) is 39.9 Å². The molecule has 0 radical (unpaired) electrons. The van der Waals surface area contributed by atoms with Crippen LogP contribution in [-0.4, -0.2) is 61.3 Å². The Hall–Kier alpha value is -0.120. The highest BCUT2D eigenvalue weighted by Crippen LogP contribution is 2.36. The smallest absolute Gasteiger partial charge is 0.0635 e. The standard InChI is InChI=1S/C11H22N2O/c1-12(2)10-5-4-8-6-13(3)7-9(10)11(8)14/h8-11,14H,4-7H2,1-3H3/t8?,9?,10-,11+/m0/s1. The number of aliphatic hydroxyl groups excluding tert-OH is 1. The maximum atomic E-state index is 10.2. The molecular weight excluding hydrogens is 176 g/mol. The number of fused-ring (bicyclic) bond motifs is 2. The number of likely N-dealkylation sites (tertiary alicyclic amines) is 1. The van der Waals surface area contributed by atoms with Crippen LogP contribution in [0.5, 0.6) is 0 Å². The summed E-state index contributed by atoms with van der Waals surface area (Å²) in [4.78, 5) is 4.65. The van der Waals surface area contributed by atoms with Crippen molar-refractivity contribution in [2.75, 3.05) is 34.2 Å². The van der Waals surface area contributed by atoms with Gasteiger partial charge in [0.2, 0.25) is 0 Å². The number of piperidine rings is 1. The summed E-state index contributed by atoms with van der Waals surface area (Å²) in [5.41, 5.74) is 0. The molecule has 2 aliphatic rings. The fraction of sp³-hybridized carbons (Fsp3) is 1.00. The van der Waals surface area contributed by atoms with Gasteiger partial charge < -0.3 is 14.9 Å². The number of aliphatic hydroxyl groups is 1. The second-order valence-electron chi connectivity index (χ2n) is 5.24. The van der Waals surface area contributed by atoms with E-state index in [1.54, 1.807) is 0 Å². The SMILES string of the molecule is CN1CC2CC[C@H](N(C)C)C(C1)[C@@H]2O. The van der Waals surface area contributed by atoms with Crippen molar-refractivity contribution in [3.05, 3.63) is 0 Å². The van der Waals surface area contributed by atoms with Crippen LogP contribution < -0.4 is 0 Å². The van der Waals surface area contributed by atoms with E-state index in [1.165, 1.54) is 12.8 Å². The first-order chi connectivity index (χ1) is 6.59. The minimum Gasteiger partial charge on any atom is -0.392 e. The summed E-state index contributed by atoms with van der Waals surface area (Å²) in [5.74, 6) is 0.984. The molecule has 1 saturated carbocycles. The monoisotopic (exact) mass is 198 g/mol. The van der Waals surface area contributed by atoms with E-state index >= 15 is 0 Å². The summed E-state index contributed by atoms with van der Waals surface area (Å²) >= 11 is 0. The van der Waals surface area contributed by atoms with E-state index in [0.29, 0.717) is 17.9 Å². The first-order valence-electron chi connectivity index (χ1n) is 5.62. The lowest BCUT2D eigenvalue weighted by Gasteiger charge is -2.49. The fourth-order valence-electron chi connectivity index (χ4n) is 3.25. The van der Waals surface area contributed by atoms with Gasteiger partial charge in [0.1, 0.15) is 0 Å². The molecule has 0 aromatic heterocycles. The highest BCUT2D eigenvalue weighted by molar-refractivity contribution is 4.96. The van der Waals surface area contributed by atoms with Crippen LogP contribution in [0.2, 0.25) is 0 Å². The van der Waals surface area contributed by atoms with Crippen LogP contribution in [0, 0.1) is 11.8 Å². The van der Waals surface area contributed by atoms with Gasteiger partial charge >= 0.3 is 0 Å². The molecule has 2 unspecified atom stereocenters. The molecule has 0 spiro atoms. The molecule has 1 saturated heterocycles. The zero-order valence-corrected chi connectivity index (χ0v) is 9.48. The number of rotatable bonds is 1. The van der Waals surface area contributed by atoms with Gasteiger partial charge in [0.15, 0.2) is 0 Å². The Morgan fingerprint density at radius 1 is 1.21 bits per heavy atom. The molecular formula is C11H22N2O. The molecule has 3 heteroatoms. The molecule has 14 heavy (non-hydrogen) atoms. The summed E-state index contributed by atoms with van der Waals surface area (Å²) in [6.45, 7) is 2.14. The van der Waals surface area contributed by atoms with Crippen molar-refractivity contribution >= 4 is 0 Å². The maximum Gasteiger partial charge on any atom is 0.0635 e. The molecule has 0 aromatic carbocycles. The molecule has 0 amide bonds. The third-order valence-corrected chi connectivity index (χ3v) is 3.98.